The van der Waals surface area contributed by atoms with Crippen molar-refractivity contribution >= 4 is 40.8 Å². The van der Waals surface area contributed by atoms with Gasteiger partial charge in [-0.05, 0) is 56.3 Å². The predicted octanol–water partition coefficient (Wildman–Crippen LogP) is 1.70. The van der Waals surface area contributed by atoms with Gasteiger partial charge in [0, 0.05) is 57.5 Å². The second-order valence-corrected chi connectivity index (χ2v) is 9.59. The number of pyridine rings is 1. The molecule has 0 saturated carbocycles. The normalized spacial score (nSPS) is 13.2. The molecule has 0 bridgehead atoms. The Morgan fingerprint density at radius 1 is 0.844 bits per heavy atom. The Hall–Kier alpha value is -4.80. The van der Waals surface area contributed by atoms with Crippen molar-refractivity contribution in [3.8, 4) is 0 Å². The van der Waals surface area contributed by atoms with E-state index in [1.807, 2.05) is 25.3 Å². The molecule has 244 valence electrons. The van der Waals surface area contributed by atoms with Gasteiger partial charge in [0.1, 0.15) is 17.2 Å². The number of benzene rings is 1. The van der Waals surface area contributed by atoms with Crippen molar-refractivity contribution in [2.45, 2.75) is 32.9 Å². The van der Waals surface area contributed by atoms with Crippen molar-refractivity contribution in [3.63, 3.8) is 0 Å². The summed E-state index contributed by atoms with van der Waals surface area (Å²) in [6.07, 6.45) is 3.11. The van der Waals surface area contributed by atoms with Crippen molar-refractivity contribution in [2.75, 3.05) is 45.9 Å². The standard InChI is InChI=1S/C25H32FN5O2.2C2H2O4/c1-2-33-18-17-31-24(28-22-5-3-11-27-25(22)31)19-30-15-13-29(14-16-30)12-4-6-23(32)20-7-9-21(26)10-8-20;2*3-1(4)2(5)6/h3,5,7-11H,2,4,6,12-19H2,1H3;2*(H,3,4)(H,5,6). The molecule has 0 aliphatic carbocycles. The number of nitrogens with zero attached hydrogens (tertiary/aromatic N) is 5. The van der Waals surface area contributed by atoms with E-state index in [0.717, 1.165) is 69.2 Å². The maximum Gasteiger partial charge on any atom is 0.414 e. The number of ether oxygens (including phenoxy) is 1. The number of rotatable bonds is 11. The Balaban J connectivity index is 0.000000499. The molecule has 0 atom stereocenters. The van der Waals surface area contributed by atoms with E-state index in [1.165, 1.54) is 12.1 Å². The van der Waals surface area contributed by atoms with Crippen LogP contribution >= 0.6 is 0 Å². The number of Topliss-reactive ketones (excluding diaryl/α,β-unsaturated/α-hetero) is 1. The molecule has 4 N–H and O–H groups in total. The topological polar surface area (TPSA) is 213 Å². The third kappa shape index (κ3) is 12.8. The van der Waals surface area contributed by atoms with E-state index in [-0.39, 0.29) is 11.6 Å². The first-order valence-electron chi connectivity index (χ1n) is 14.0. The van der Waals surface area contributed by atoms with Crippen LogP contribution in [0.25, 0.3) is 11.2 Å². The van der Waals surface area contributed by atoms with Crippen LogP contribution in [0.2, 0.25) is 0 Å². The van der Waals surface area contributed by atoms with Crippen molar-refractivity contribution < 1.29 is 53.5 Å². The molecule has 0 radical (unpaired) electrons. The number of aliphatic carboxylic acids is 4. The van der Waals surface area contributed by atoms with Gasteiger partial charge >= 0.3 is 23.9 Å². The third-order valence-corrected chi connectivity index (χ3v) is 6.49. The fourth-order valence-corrected chi connectivity index (χ4v) is 4.28. The number of imidazole rings is 1. The zero-order valence-corrected chi connectivity index (χ0v) is 24.7. The first-order chi connectivity index (χ1) is 21.4. The van der Waals surface area contributed by atoms with Crippen molar-refractivity contribution in [3.05, 3.63) is 59.8 Å². The van der Waals surface area contributed by atoms with Gasteiger partial charge in [-0.1, -0.05) is 0 Å². The molecule has 3 aromatic rings. The number of carboxylic acids is 4. The van der Waals surface area contributed by atoms with Crippen LogP contribution in [0.5, 0.6) is 0 Å². The number of aromatic nitrogens is 3. The quantitative estimate of drug-likeness (QED) is 0.134. The first-order valence-corrected chi connectivity index (χ1v) is 14.0. The molecule has 4 rings (SSSR count). The lowest BCUT2D eigenvalue weighted by Gasteiger charge is -2.34. The SMILES string of the molecule is CCOCCn1c(CN2CCN(CCCC(=O)c3ccc(F)cc3)CC2)nc2cccnc21.O=C(O)C(=O)O.O=C(O)C(=O)O. The molecule has 3 heterocycles. The Kier molecular flexibility index (Phi) is 15.2. The van der Waals surface area contributed by atoms with Gasteiger partial charge in [-0.15, -0.1) is 0 Å². The van der Waals surface area contributed by atoms with Gasteiger partial charge < -0.3 is 34.6 Å². The van der Waals surface area contributed by atoms with E-state index < -0.39 is 23.9 Å². The molecule has 0 unspecified atom stereocenters. The summed E-state index contributed by atoms with van der Waals surface area (Å²) in [4.78, 5) is 62.9. The summed E-state index contributed by atoms with van der Waals surface area (Å²) in [7, 11) is 0. The predicted molar refractivity (Wildman–Crippen MR) is 156 cm³/mol. The van der Waals surface area contributed by atoms with Crippen LogP contribution in [0.15, 0.2) is 42.6 Å². The number of fused-ring (bicyclic) bond motifs is 1. The highest BCUT2D eigenvalue weighted by atomic mass is 19.1. The van der Waals surface area contributed by atoms with Gasteiger partial charge in [0.25, 0.3) is 0 Å². The van der Waals surface area contributed by atoms with Crippen LogP contribution in [0, 0.1) is 5.82 Å². The number of carbonyl (C=O) groups excluding carboxylic acids is 1. The highest BCUT2D eigenvalue weighted by Gasteiger charge is 2.20. The van der Waals surface area contributed by atoms with Crippen LogP contribution in [-0.2, 0) is 37.0 Å². The van der Waals surface area contributed by atoms with E-state index in [4.69, 9.17) is 49.3 Å². The van der Waals surface area contributed by atoms with Gasteiger partial charge in [0.05, 0.1) is 13.2 Å². The van der Waals surface area contributed by atoms with E-state index in [9.17, 15) is 9.18 Å². The van der Waals surface area contributed by atoms with Crippen molar-refractivity contribution in [1.82, 2.24) is 24.3 Å². The van der Waals surface area contributed by atoms with Gasteiger partial charge in [0.15, 0.2) is 11.4 Å². The van der Waals surface area contributed by atoms with Crippen LogP contribution in [0.4, 0.5) is 4.39 Å². The van der Waals surface area contributed by atoms with Crippen molar-refractivity contribution in [2.24, 2.45) is 0 Å². The Morgan fingerprint density at radius 2 is 1.42 bits per heavy atom. The van der Waals surface area contributed by atoms with E-state index in [1.54, 1.807) is 12.1 Å². The van der Waals surface area contributed by atoms with E-state index in [0.29, 0.717) is 25.2 Å². The van der Waals surface area contributed by atoms with Crippen LogP contribution in [0.1, 0.15) is 35.9 Å². The molecular weight excluding hydrogens is 597 g/mol. The number of hydrogen-bond acceptors (Lipinski definition) is 10. The Bertz CT molecular complexity index is 1390. The highest BCUT2D eigenvalue weighted by Crippen LogP contribution is 2.17. The monoisotopic (exact) mass is 633 g/mol. The molecule has 2 aromatic heterocycles. The molecule has 16 heteroatoms. The molecule has 15 nitrogen and oxygen atoms in total. The van der Waals surface area contributed by atoms with Gasteiger partial charge in [-0.25, -0.2) is 33.5 Å². The highest BCUT2D eigenvalue weighted by molar-refractivity contribution is 6.27. The molecule has 1 aliphatic heterocycles. The van der Waals surface area contributed by atoms with E-state index in [2.05, 4.69) is 19.4 Å². The Labute approximate surface area is 257 Å². The van der Waals surface area contributed by atoms with Gasteiger partial charge in [0.2, 0.25) is 0 Å². The number of halogens is 1. The molecule has 1 fully saturated rings. The lowest BCUT2D eigenvalue weighted by Crippen LogP contribution is -2.46. The minimum Gasteiger partial charge on any atom is -0.473 e. The summed E-state index contributed by atoms with van der Waals surface area (Å²) >= 11 is 0. The largest absolute Gasteiger partial charge is 0.473 e. The maximum atomic E-state index is 13.0. The molecule has 0 amide bonds. The second kappa shape index (κ2) is 18.8. The number of carboxylic acid groups (broad SMARTS) is 4. The lowest BCUT2D eigenvalue weighted by molar-refractivity contribution is -0.159. The summed E-state index contributed by atoms with van der Waals surface area (Å²) in [6, 6.07) is 9.74. The van der Waals surface area contributed by atoms with Crippen molar-refractivity contribution in [1.29, 1.82) is 0 Å². The maximum absolute atomic E-state index is 13.0. The lowest BCUT2D eigenvalue weighted by atomic mass is 10.1. The summed E-state index contributed by atoms with van der Waals surface area (Å²) in [5, 5.41) is 29.6. The van der Waals surface area contributed by atoms with Crippen LogP contribution in [-0.4, -0.2) is 120 Å². The van der Waals surface area contributed by atoms with Gasteiger partial charge in [-0.3, -0.25) is 9.69 Å². The molecule has 1 aliphatic rings. The smallest absolute Gasteiger partial charge is 0.414 e. The van der Waals surface area contributed by atoms with Gasteiger partial charge in [-0.2, -0.15) is 0 Å². The average molecular weight is 634 g/mol. The van der Waals surface area contributed by atoms with Crippen LogP contribution < -0.4 is 0 Å². The fourth-order valence-electron chi connectivity index (χ4n) is 4.28. The molecule has 1 saturated heterocycles. The summed E-state index contributed by atoms with van der Waals surface area (Å²) < 4.78 is 20.8. The number of hydrogen-bond donors (Lipinski definition) is 4. The number of carbonyl (C=O) groups is 5. The second-order valence-electron chi connectivity index (χ2n) is 9.59. The molecule has 1 aromatic carbocycles. The molecular formula is C29H36FN5O10. The Morgan fingerprint density at radius 3 is 1.98 bits per heavy atom. The van der Waals surface area contributed by atoms with Crippen LogP contribution in [0.3, 0.4) is 0 Å². The number of piperazine rings is 1. The zero-order chi connectivity index (χ0) is 33.4. The molecule has 0 spiro atoms. The fraction of sp³-hybridized carbons (Fsp3) is 0.414. The summed E-state index contributed by atoms with van der Waals surface area (Å²) in [5.41, 5.74) is 2.42. The van der Waals surface area contributed by atoms with E-state index >= 15 is 0 Å². The minimum atomic E-state index is -1.82. The average Bonchev–Trinajstić information content (AvgIpc) is 3.35. The summed E-state index contributed by atoms with van der Waals surface area (Å²) in [5.74, 6) is -6.50. The zero-order valence-electron chi connectivity index (χ0n) is 24.7. The first kappa shape index (κ1) is 36.4. The molecule has 45 heavy (non-hydrogen) atoms. The summed E-state index contributed by atoms with van der Waals surface area (Å²) in [6.45, 7) is 9.67. The minimum absolute atomic E-state index is 0.0770. The third-order valence-electron chi connectivity index (χ3n) is 6.49. The number of ketones is 1.